The molecule has 0 aliphatic heterocycles. The fraction of sp³-hybridized carbons (Fsp3) is 0.333. The molecule has 1 aromatic heterocycles. The fourth-order valence-corrected chi connectivity index (χ4v) is 2.89. The lowest BCUT2D eigenvalue weighted by Gasteiger charge is -2.14. The molecule has 2 aromatic rings. The predicted molar refractivity (Wildman–Crippen MR) is 88.4 cm³/mol. The highest BCUT2D eigenvalue weighted by Gasteiger charge is 2.16. The molecule has 5 heteroatoms. The number of rotatable bonds is 4. The molecule has 0 amide bonds. The van der Waals surface area contributed by atoms with E-state index in [1.165, 1.54) is 0 Å². The summed E-state index contributed by atoms with van der Waals surface area (Å²) in [6, 6.07) is 7.63. The van der Waals surface area contributed by atoms with E-state index in [1.54, 1.807) is 0 Å². The number of benzene rings is 1. The molecule has 1 aromatic carbocycles. The van der Waals surface area contributed by atoms with Gasteiger partial charge in [-0.25, -0.2) is 9.97 Å². The molecule has 0 radical (unpaired) electrons. The Kier molecular flexibility index (Phi) is 5.00. The molecule has 106 valence electrons. The average Bonchev–Trinajstić information content (AvgIpc) is 2.41. The van der Waals surface area contributed by atoms with Crippen LogP contribution in [-0.4, -0.2) is 16.5 Å². The lowest BCUT2D eigenvalue weighted by molar-refractivity contribution is 0.809. The number of aromatic nitrogens is 2. The fourth-order valence-electron chi connectivity index (χ4n) is 1.89. The van der Waals surface area contributed by atoms with Crippen molar-refractivity contribution in [3.05, 3.63) is 39.5 Å². The molecule has 1 heterocycles. The number of anilines is 1. The van der Waals surface area contributed by atoms with Crippen molar-refractivity contribution in [3.8, 4) is 11.4 Å². The molecule has 0 unspecified atom stereocenters. The van der Waals surface area contributed by atoms with E-state index < -0.39 is 0 Å². The van der Waals surface area contributed by atoms with Crippen LogP contribution in [0.3, 0.4) is 0 Å². The highest BCUT2D eigenvalue weighted by Crippen LogP contribution is 2.33. The zero-order valence-electron chi connectivity index (χ0n) is 11.7. The van der Waals surface area contributed by atoms with E-state index in [0.29, 0.717) is 16.8 Å². The first-order valence-electron chi connectivity index (χ1n) is 6.60. The molecular weight excluding hydrogens is 338 g/mol. The topological polar surface area (TPSA) is 37.8 Å². The summed E-state index contributed by atoms with van der Waals surface area (Å²) >= 11 is 9.84. The van der Waals surface area contributed by atoms with Crippen molar-refractivity contribution >= 4 is 33.3 Å². The summed E-state index contributed by atoms with van der Waals surface area (Å²) in [5.74, 6) is 1.76. The molecule has 0 fully saturated rings. The molecule has 0 saturated carbocycles. The van der Waals surface area contributed by atoms with E-state index in [1.807, 2.05) is 31.2 Å². The Morgan fingerprint density at radius 2 is 1.95 bits per heavy atom. The van der Waals surface area contributed by atoms with Crippen molar-refractivity contribution in [2.24, 2.45) is 0 Å². The van der Waals surface area contributed by atoms with Crippen LogP contribution >= 0.6 is 27.5 Å². The van der Waals surface area contributed by atoms with E-state index in [9.17, 15) is 0 Å². The lowest BCUT2D eigenvalue weighted by atomic mass is 10.1. The molecule has 0 bridgehead atoms. The quantitative estimate of drug-likeness (QED) is 0.828. The smallest absolute Gasteiger partial charge is 0.163 e. The third-order valence-electron chi connectivity index (χ3n) is 2.88. The van der Waals surface area contributed by atoms with Crippen LogP contribution in [0.25, 0.3) is 11.4 Å². The van der Waals surface area contributed by atoms with Gasteiger partial charge in [0.15, 0.2) is 5.82 Å². The molecule has 3 nitrogen and oxygen atoms in total. The maximum Gasteiger partial charge on any atom is 0.163 e. The van der Waals surface area contributed by atoms with Gasteiger partial charge in [0.2, 0.25) is 0 Å². The Morgan fingerprint density at radius 1 is 1.25 bits per heavy atom. The van der Waals surface area contributed by atoms with Gasteiger partial charge >= 0.3 is 0 Å². The van der Waals surface area contributed by atoms with Crippen molar-refractivity contribution in [1.29, 1.82) is 0 Å². The van der Waals surface area contributed by atoms with Crippen LogP contribution in [0, 0.1) is 0 Å². The van der Waals surface area contributed by atoms with Gasteiger partial charge in [-0.2, -0.15) is 0 Å². The van der Waals surface area contributed by atoms with Crippen molar-refractivity contribution < 1.29 is 0 Å². The van der Waals surface area contributed by atoms with E-state index in [0.717, 1.165) is 28.1 Å². The molecule has 1 N–H and O–H groups in total. The Labute approximate surface area is 132 Å². The van der Waals surface area contributed by atoms with Crippen molar-refractivity contribution in [3.63, 3.8) is 0 Å². The molecule has 0 saturated heterocycles. The minimum atomic E-state index is 0.297. The van der Waals surface area contributed by atoms with Crippen molar-refractivity contribution in [2.75, 3.05) is 11.9 Å². The SMILES string of the molecule is CCNc1nc(-c2ccccc2Cl)nc(C(C)C)c1Br. The Morgan fingerprint density at radius 3 is 2.55 bits per heavy atom. The minimum absolute atomic E-state index is 0.297. The number of nitrogens with one attached hydrogen (secondary N) is 1. The molecule has 2 rings (SSSR count). The van der Waals surface area contributed by atoms with Gasteiger partial charge in [-0.15, -0.1) is 0 Å². The zero-order chi connectivity index (χ0) is 14.7. The first-order chi connectivity index (χ1) is 9.54. The third kappa shape index (κ3) is 3.13. The van der Waals surface area contributed by atoms with Crippen LogP contribution in [-0.2, 0) is 0 Å². The maximum atomic E-state index is 6.25. The van der Waals surface area contributed by atoms with E-state index >= 15 is 0 Å². The molecule has 0 aliphatic rings. The summed E-state index contributed by atoms with van der Waals surface area (Å²) in [5, 5.41) is 3.92. The van der Waals surface area contributed by atoms with Gasteiger partial charge in [-0.1, -0.05) is 37.6 Å². The van der Waals surface area contributed by atoms with Crippen molar-refractivity contribution in [1.82, 2.24) is 9.97 Å². The first-order valence-corrected chi connectivity index (χ1v) is 7.77. The Hall–Kier alpha value is -1.13. The Balaban J connectivity index is 2.62. The standard InChI is InChI=1S/C15H17BrClN3/c1-4-18-15-12(16)13(9(2)3)19-14(20-15)10-7-5-6-8-11(10)17/h5-9H,4H2,1-3H3,(H,18,19,20). The largest absolute Gasteiger partial charge is 0.369 e. The van der Waals surface area contributed by atoms with Crippen LogP contribution in [0.15, 0.2) is 28.7 Å². The van der Waals surface area contributed by atoms with Gasteiger partial charge in [-0.05, 0) is 40.9 Å². The average molecular weight is 355 g/mol. The highest BCUT2D eigenvalue weighted by atomic mass is 79.9. The summed E-state index contributed by atoms with van der Waals surface area (Å²) in [7, 11) is 0. The first kappa shape index (κ1) is 15.3. The van der Waals surface area contributed by atoms with Crippen LogP contribution in [0.2, 0.25) is 5.02 Å². The van der Waals surface area contributed by atoms with E-state index in [4.69, 9.17) is 11.6 Å². The van der Waals surface area contributed by atoms with Crippen LogP contribution in [0.1, 0.15) is 32.4 Å². The van der Waals surface area contributed by atoms with E-state index in [-0.39, 0.29) is 0 Å². The monoisotopic (exact) mass is 353 g/mol. The third-order valence-corrected chi connectivity index (χ3v) is 3.99. The lowest BCUT2D eigenvalue weighted by Crippen LogP contribution is -2.07. The van der Waals surface area contributed by atoms with Gasteiger partial charge in [0.25, 0.3) is 0 Å². The minimum Gasteiger partial charge on any atom is -0.369 e. The van der Waals surface area contributed by atoms with Crippen LogP contribution in [0.4, 0.5) is 5.82 Å². The second kappa shape index (κ2) is 6.55. The normalized spacial score (nSPS) is 10.9. The van der Waals surface area contributed by atoms with Crippen LogP contribution in [0.5, 0.6) is 0 Å². The van der Waals surface area contributed by atoms with Gasteiger partial charge in [-0.3, -0.25) is 0 Å². The highest BCUT2D eigenvalue weighted by molar-refractivity contribution is 9.10. The zero-order valence-corrected chi connectivity index (χ0v) is 14.1. The second-order valence-corrected chi connectivity index (χ2v) is 5.96. The van der Waals surface area contributed by atoms with Crippen molar-refractivity contribution in [2.45, 2.75) is 26.7 Å². The summed E-state index contributed by atoms with van der Waals surface area (Å²) in [4.78, 5) is 9.25. The predicted octanol–water partition coefficient (Wildman–Crippen LogP) is 5.11. The summed E-state index contributed by atoms with van der Waals surface area (Å²) in [5.41, 5.74) is 1.83. The molecule has 0 aliphatic carbocycles. The van der Waals surface area contributed by atoms with Gasteiger partial charge < -0.3 is 5.32 Å². The van der Waals surface area contributed by atoms with Gasteiger partial charge in [0.05, 0.1) is 15.2 Å². The summed E-state index contributed by atoms with van der Waals surface area (Å²) in [6.45, 7) is 7.06. The van der Waals surface area contributed by atoms with Gasteiger partial charge in [0, 0.05) is 12.1 Å². The molecule has 0 spiro atoms. The van der Waals surface area contributed by atoms with Gasteiger partial charge in [0.1, 0.15) is 5.82 Å². The Bertz CT molecular complexity index is 614. The second-order valence-electron chi connectivity index (χ2n) is 4.76. The molecular formula is C15H17BrClN3. The summed E-state index contributed by atoms with van der Waals surface area (Å²) < 4.78 is 0.921. The number of hydrogen-bond acceptors (Lipinski definition) is 3. The number of nitrogens with zero attached hydrogens (tertiary/aromatic N) is 2. The molecule has 20 heavy (non-hydrogen) atoms. The summed E-state index contributed by atoms with van der Waals surface area (Å²) in [6.07, 6.45) is 0. The maximum absolute atomic E-state index is 6.25. The number of halogens is 2. The molecule has 0 atom stereocenters. The van der Waals surface area contributed by atoms with Crippen LogP contribution < -0.4 is 5.32 Å². The number of hydrogen-bond donors (Lipinski definition) is 1. The van der Waals surface area contributed by atoms with E-state index in [2.05, 4.69) is 45.1 Å².